The molecule has 3 heteroatoms. The zero-order valence-corrected chi connectivity index (χ0v) is 9.81. The van der Waals surface area contributed by atoms with Crippen LogP contribution in [0.3, 0.4) is 0 Å². The number of hydrogen-bond donors (Lipinski definition) is 0. The molecule has 0 amide bonds. The number of hydrogen-bond acceptors (Lipinski definition) is 3. The Balaban J connectivity index is 2.10. The van der Waals surface area contributed by atoms with Crippen molar-refractivity contribution in [3.63, 3.8) is 0 Å². The Morgan fingerprint density at radius 3 is 2.56 bits per heavy atom. The minimum atomic E-state index is -0.205. The average Bonchev–Trinajstić information content (AvgIpc) is 2.25. The largest absolute Gasteiger partial charge is 0.463 e. The van der Waals surface area contributed by atoms with E-state index in [0.29, 0.717) is 19.6 Å². The monoisotopic (exact) mass is 222 g/mol. The van der Waals surface area contributed by atoms with E-state index in [-0.39, 0.29) is 12.1 Å². The average molecular weight is 222 g/mol. The molecule has 1 aromatic carbocycles. The summed E-state index contributed by atoms with van der Waals surface area (Å²) >= 11 is 0. The third-order valence-electron chi connectivity index (χ3n) is 1.93. The van der Waals surface area contributed by atoms with Crippen LogP contribution in [0.25, 0.3) is 0 Å². The van der Waals surface area contributed by atoms with Crippen molar-refractivity contribution in [1.29, 1.82) is 0 Å². The molecule has 3 nitrogen and oxygen atoms in total. The van der Waals surface area contributed by atoms with Gasteiger partial charge in [-0.2, -0.15) is 0 Å². The molecule has 0 spiro atoms. The molecular formula is C13H18O3. The van der Waals surface area contributed by atoms with Gasteiger partial charge in [-0.3, -0.25) is 4.79 Å². The lowest BCUT2D eigenvalue weighted by molar-refractivity contribution is -0.148. The zero-order valence-electron chi connectivity index (χ0n) is 9.81. The lowest BCUT2D eigenvalue weighted by atomic mass is 10.2. The first-order valence-corrected chi connectivity index (χ1v) is 5.49. The van der Waals surface area contributed by atoms with E-state index in [1.54, 1.807) is 0 Å². The van der Waals surface area contributed by atoms with Crippen molar-refractivity contribution in [2.24, 2.45) is 0 Å². The fourth-order valence-corrected chi connectivity index (χ4v) is 1.24. The summed E-state index contributed by atoms with van der Waals surface area (Å²) in [5.74, 6) is -0.205. The number of carbonyl (C=O) groups is 1. The molecule has 0 unspecified atom stereocenters. The Hall–Kier alpha value is -1.35. The summed E-state index contributed by atoms with van der Waals surface area (Å²) in [4.78, 5) is 11.2. The molecular weight excluding hydrogens is 204 g/mol. The maximum atomic E-state index is 11.2. The molecule has 16 heavy (non-hydrogen) atoms. The molecule has 0 fully saturated rings. The third kappa shape index (κ3) is 5.51. The quantitative estimate of drug-likeness (QED) is 0.548. The molecule has 0 aromatic heterocycles. The van der Waals surface area contributed by atoms with Crippen LogP contribution in [0.5, 0.6) is 0 Å². The van der Waals surface area contributed by atoms with Gasteiger partial charge in [0.2, 0.25) is 0 Å². The van der Waals surface area contributed by atoms with Gasteiger partial charge in [0.15, 0.2) is 0 Å². The van der Waals surface area contributed by atoms with Crippen LogP contribution in [0.4, 0.5) is 0 Å². The predicted molar refractivity (Wildman–Crippen MR) is 61.9 cm³/mol. The number of ether oxygens (including phenoxy) is 2. The predicted octanol–water partition coefficient (Wildman–Crippen LogP) is 2.54. The second-order valence-electron chi connectivity index (χ2n) is 3.83. The molecule has 0 bridgehead atoms. The highest BCUT2D eigenvalue weighted by atomic mass is 16.5. The molecule has 0 saturated heterocycles. The molecule has 1 rings (SSSR count). The van der Waals surface area contributed by atoms with Crippen molar-refractivity contribution >= 4 is 5.97 Å². The summed E-state index contributed by atoms with van der Waals surface area (Å²) < 4.78 is 10.4. The van der Waals surface area contributed by atoms with Gasteiger partial charge in [-0.25, -0.2) is 0 Å². The fraction of sp³-hybridized carbons (Fsp3) is 0.462. The van der Waals surface area contributed by atoms with Crippen molar-refractivity contribution in [1.82, 2.24) is 0 Å². The maximum Gasteiger partial charge on any atom is 0.308 e. The van der Waals surface area contributed by atoms with Crippen LogP contribution in [0.1, 0.15) is 25.8 Å². The summed E-state index contributed by atoms with van der Waals surface area (Å²) in [6.45, 7) is 4.61. The number of benzene rings is 1. The molecule has 0 N–H and O–H groups in total. The zero-order chi connectivity index (χ0) is 11.8. The topological polar surface area (TPSA) is 35.5 Å². The molecule has 88 valence electrons. The third-order valence-corrected chi connectivity index (χ3v) is 1.93. The normalized spacial score (nSPS) is 10.4. The number of esters is 1. The van der Waals surface area contributed by atoms with Crippen LogP contribution in [0, 0.1) is 0 Å². The summed E-state index contributed by atoms with van der Waals surface area (Å²) in [5, 5.41) is 0. The molecule has 1 aromatic rings. The highest BCUT2D eigenvalue weighted by Gasteiger charge is 2.04. The SMILES string of the molecule is CC(C)OC(=O)CCOCc1ccccc1. The van der Waals surface area contributed by atoms with Gasteiger partial charge >= 0.3 is 5.97 Å². The minimum absolute atomic E-state index is 0.0541. The lowest BCUT2D eigenvalue weighted by Gasteiger charge is -2.08. The van der Waals surface area contributed by atoms with Gasteiger partial charge in [0.1, 0.15) is 0 Å². The van der Waals surface area contributed by atoms with Gasteiger partial charge < -0.3 is 9.47 Å². The minimum Gasteiger partial charge on any atom is -0.463 e. The van der Waals surface area contributed by atoms with E-state index < -0.39 is 0 Å². The second kappa shape index (κ2) is 7.01. The van der Waals surface area contributed by atoms with E-state index in [0.717, 1.165) is 5.56 Å². The molecule has 0 atom stereocenters. The first kappa shape index (κ1) is 12.7. The van der Waals surface area contributed by atoms with Gasteiger partial charge in [-0.15, -0.1) is 0 Å². The Morgan fingerprint density at radius 2 is 1.94 bits per heavy atom. The standard InChI is InChI=1S/C13H18O3/c1-11(2)16-13(14)8-9-15-10-12-6-4-3-5-7-12/h3-7,11H,8-10H2,1-2H3. The van der Waals surface area contributed by atoms with E-state index in [9.17, 15) is 4.79 Å². The summed E-state index contributed by atoms with van der Waals surface area (Å²) in [5.41, 5.74) is 1.11. The van der Waals surface area contributed by atoms with Crippen molar-refractivity contribution < 1.29 is 14.3 Å². The van der Waals surface area contributed by atoms with Gasteiger partial charge in [0.25, 0.3) is 0 Å². The van der Waals surface area contributed by atoms with E-state index in [1.807, 2.05) is 44.2 Å². The smallest absolute Gasteiger partial charge is 0.308 e. The first-order chi connectivity index (χ1) is 7.68. The Labute approximate surface area is 96.4 Å². The molecule has 0 aliphatic heterocycles. The van der Waals surface area contributed by atoms with Crippen molar-refractivity contribution in [2.45, 2.75) is 33.0 Å². The van der Waals surface area contributed by atoms with Gasteiger partial charge in [0.05, 0.1) is 25.7 Å². The highest BCUT2D eigenvalue weighted by Crippen LogP contribution is 2.01. The van der Waals surface area contributed by atoms with E-state index in [4.69, 9.17) is 9.47 Å². The van der Waals surface area contributed by atoms with E-state index >= 15 is 0 Å². The van der Waals surface area contributed by atoms with Gasteiger partial charge in [0, 0.05) is 0 Å². The van der Waals surface area contributed by atoms with E-state index in [2.05, 4.69) is 0 Å². The maximum absolute atomic E-state index is 11.2. The van der Waals surface area contributed by atoms with Crippen LogP contribution in [0.2, 0.25) is 0 Å². The van der Waals surface area contributed by atoms with Gasteiger partial charge in [-0.05, 0) is 19.4 Å². The lowest BCUT2D eigenvalue weighted by Crippen LogP contribution is -2.13. The number of rotatable bonds is 6. The Kier molecular flexibility index (Phi) is 5.57. The summed E-state index contributed by atoms with van der Waals surface area (Å²) in [6, 6.07) is 9.87. The molecule has 0 aliphatic rings. The van der Waals surface area contributed by atoms with Crippen molar-refractivity contribution in [3.05, 3.63) is 35.9 Å². The molecule has 0 radical (unpaired) electrons. The van der Waals surface area contributed by atoms with Gasteiger partial charge in [-0.1, -0.05) is 30.3 Å². The first-order valence-electron chi connectivity index (χ1n) is 5.49. The van der Waals surface area contributed by atoms with Crippen molar-refractivity contribution in [3.8, 4) is 0 Å². The second-order valence-corrected chi connectivity index (χ2v) is 3.83. The Morgan fingerprint density at radius 1 is 1.25 bits per heavy atom. The fourth-order valence-electron chi connectivity index (χ4n) is 1.24. The van der Waals surface area contributed by atoms with Crippen LogP contribution >= 0.6 is 0 Å². The van der Waals surface area contributed by atoms with Crippen LogP contribution in [-0.4, -0.2) is 18.7 Å². The van der Waals surface area contributed by atoms with Crippen LogP contribution in [0.15, 0.2) is 30.3 Å². The van der Waals surface area contributed by atoms with E-state index in [1.165, 1.54) is 0 Å². The summed E-state index contributed by atoms with van der Waals surface area (Å²) in [6.07, 6.45) is 0.256. The van der Waals surface area contributed by atoms with Crippen LogP contribution < -0.4 is 0 Å². The number of carbonyl (C=O) groups excluding carboxylic acids is 1. The highest BCUT2D eigenvalue weighted by molar-refractivity contribution is 5.69. The molecule has 0 saturated carbocycles. The molecule has 0 heterocycles. The Bertz CT molecular complexity index is 306. The van der Waals surface area contributed by atoms with Crippen molar-refractivity contribution in [2.75, 3.05) is 6.61 Å². The van der Waals surface area contributed by atoms with Crippen LogP contribution in [-0.2, 0) is 20.9 Å². The summed E-state index contributed by atoms with van der Waals surface area (Å²) in [7, 11) is 0. The molecule has 0 aliphatic carbocycles.